The minimum Gasteiger partial charge on any atom is -0.493 e. The van der Waals surface area contributed by atoms with Crippen molar-refractivity contribution >= 4 is 25.3 Å². The third-order valence-corrected chi connectivity index (χ3v) is 4.56. The molecule has 1 aliphatic heterocycles. The molecule has 5 heteroatoms. The third-order valence-electron chi connectivity index (χ3n) is 4.56. The molecule has 3 rings (SSSR count). The predicted molar refractivity (Wildman–Crippen MR) is 117 cm³/mol. The SMILES string of the molecule is Bn1cccc1/C(CCN)=C1N=C(/C=C/c2ccccc2OCC)C=C\1C. The van der Waals surface area contributed by atoms with Crippen LogP contribution < -0.4 is 10.5 Å². The maximum Gasteiger partial charge on any atom is 0.223 e. The van der Waals surface area contributed by atoms with E-state index in [0.29, 0.717) is 13.2 Å². The second kappa shape index (κ2) is 8.74. The lowest BCUT2D eigenvalue weighted by molar-refractivity contribution is 0.339. The lowest BCUT2D eigenvalue weighted by Crippen LogP contribution is -2.05. The van der Waals surface area contributed by atoms with E-state index in [4.69, 9.17) is 15.5 Å². The van der Waals surface area contributed by atoms with E-state index in [1.165, 1.54) is 11.3 Å². The maximum atomic E-state index is 5.87. The summed E-state index contributed by atoms with van der Waals surface area (Å²) in [6, 6.07) is 12.2. The molecule has 0 atom stereocenters. The molecule has 0 unspecified atom stereocenters. The second-order valence-corrected chi connectivity index (χ2v) is 6.54. The van der Waals surface area contributed by atoms with Crippen LogP contribution in [0.25, 0.3) is 11.6 Å². The smallest absolute Gasteiger partial charge is 0.223 e. The molecule has 1 aliphatic rings. The van der Waals surface area contributed by atoms with Crippen LogP contribution in [0.4, 0.5) is 0 Å². The Bertz CT molecular complexity index is 935. The van der Waals surface area contributed by atoms with Gasteiger partial charge in [0.05, 0.1) is 18.0 Å². The van der Waals surface area contributed by atoms with Gasteiger partial charge in [-0.25, -0.2) is 4.99 Å². The van der Waals surface area contributed by atoms with Gasteiger partial charge in [-0.15, -0.1) is 0 Å². The summed E-state index contributed by atoms with van der Waals surface area (Å²) in [6.07, 6.45) is 9.07. The average molecular weight is 359 g/mol. The van der Waals surface area contributed by atoms with Crippen LogP contribution in [-0.2, 0) is 0 Å². The molecule has 0 bridgehead atoms. The number of para-hydroxylation sites is 1. The molecule has 0 aliphatic carbocycles. The van der Waals surface area contributed by atoms with Crippen molar-refractivity contribution < 1.29 is 4.74 Å². The molecule has 2 aromatic rings. The minimum atomic E-state index is 0.597. The van der Waals surface area contributed by atoms with Crippen molar-refractivity contribution in [3.63, 3.8) is 0 Å². The summed E-state index contributed by atoms with van der Waals surface area (Å²) in [5.41, 5.74) is 12.4. The van der Waals surface area contributed by atoms with E-state index in [2.05, 4.69) is 49.9 Å². The van der Waals surface area contributed by atoms with Crippen LogP contribution in [0.15, 0.2) is 71.0 Å². The number of nitrogens with two attached hydrogens (primary N) is 1. The Labute approximate surface area is 162 Å². The normalized spacial score (nSPS) is 15.8. The quantitative estimate of drug-likeness (QED) is 0.770. The maximum absolute atomic E-state index is 5.87. The van der Waals surface area contributed by atoms with Crippen LogP contribution in [-0.4, -0.2) is 31.3 Å². The molecule has 0 spiro atoms. The number of aliphatic imine (C=N–C) groups is 1. The molecule has 0 radical (unpaired) electrons. The molecule has 27 heavy (non-hydrogen) atoms. The zero-order chi connectivity index (χ0) is 19.2. The minimum absolute atomic E-state index is 0.597. The summed E-state index contributed by atoms with van der Waals surface area (Å²) < 4.78 is 7.81. The Morgan fingerprint density at radius 2 is 2.04 bits per heavy atom. The molecule has 138 valence electrons. The molecular weight excluding hydrogens is 333 g/mol. The lowest BCUT2D eigenvalue weighted by Gasteiger charge is -2.11. The van der Waals surface area contributed by atoms with Crippen LogP contribution in [0.5, 0.6) is 5.75 Å². The van der Waals surface area contributed by atoms with Crippen LogP contribution in [0, 0.1) is 0 Å². The number of benzene rings is 1. The second-order valence-electron chi connectivity index (χ2n) is 6.54. The summed E-state index contributed by atoms with van der Waals surface area (Å²) in [5.74, 6) is 0.888. The fourth-order valence-electron chi connectivity index (χ4n) is 3.30. The number of rotatable bonds is 7. The van der Waals surface area contributed by atoms with E-state index >= 15 is 0 Å². The Hall–Kier alpha value is -2.79. The molecule has 4 nitrogen and oxygen atoms in total. The highest BCUT2D eigenvalue weighted by Crippen LogP contribution is 2.31. The molecule has 1 aromatic carbocycles. The molecule has 0 amide bonds. The highest BCUT2D eigenvalue weighted by atomic mass is 16.5. The van der Waals surface area contributed by atoms with Crippen molar-refractivity contribution in [2.24, 2.45) is 10.7 Å². The van der Waals surface area contributed by atoms with Gasteiger partial charge in [-0.3, -0.25) is 0 Å². The van der Waals surface area contributed by atoms with Gasteiger partial charge in [0.1, 0.15) is 5.75 Å². The first-order chi connectivity index (χ1) is 13.1. The average Bonchev–Trinajstić information content (AvgIpc) is 3.25. The first-order valence-electron chi connectivity index (χ1n) is 9.36. The van der Waals surface area contributed by atoms with Gasteiger partial charge in [-0.2, -0.15) is 0 Å². The van der Waals surface area contributed by atoms with E-state index in [0.717, 1.165) is 34.7 Å². The fraction of sp³-hybridized carbons (Fsp3) is 0.227. The van der Waals surface area contributed by atoms with Gasteiger partial charge in [-0.1, -0.05) is 18.2 Å². The standard InChI is InChI=1S/C22H26BN3O/c1-3-27-21-9-5-4-7-17(21)10-11-18-15-16(2)22(25-18)19(12-13-24)20-8-6-14-26(20)23/h4-11,14-15H,3,12-13,23-24H2,1-2H3/b11-10+,22-19-. The Balaban J connectivity index is 1.94. The Morgan fingerprint density at radius 1 is 1.22 bits per heavy atom. The number of allylic oxidation sites excluding steroid dienone is 3. The summed E-state index contributed by atoms with van der Waals surface area (Å²) in [6.45, 7) is 5.34. The third kappa shape index (κ3) is 4.31. The van der Waals surface area contributed by atoms with Crippen molar-refractivity contribution in [3.8, 4) is 5.75 Å². The molecule has 0 saturated carbocycles. The van der Waals surface area contributed by atoms with Crippen molar-refractivity contribution in [2.45, 2.75) is 20.3 Å². The van der Waals surface area contributed by atoms with E-state index in [1.54, 1.807) is 0 Å². The highest BCUT2D eigenvalue weighted by Gasteiger charge is 2.17. The highest BCUT2D eigenvalue weighted by molar-refractivity contribution is 6.11. The number of hydrogen-bond acceptors (Lipinski definition) is 3. The topological polar surface area (TPSA) is 52.5 Å². The molecule has 2 N–H and O–H groups in total. The summed E-state index contributed by atoms with van der Waals surface area (Å²) >= 11 is 0. The zero-order valence-electron chi connectivity index (χ0n) is 16.3. The summed E-state index contributed by atoms with van der Waals surface area (Å²) in [4.78, 5) is 4.88. The Kier molecular flexibility index (Phi) is 6.14. The predicted octanol–water partition coefficient (Wildman–Crippen LogP) is 3.46. The van der Waals surface area contributed by atoms with Crippen molar-refractivity contribution in [2.75, 3.05) is 13.2 Å². The van der Waals surface area contributed by atoms with E-state index in [9.17, 15) is 0 Å². The molecular formula is C22H26BN3O. The van der Waals surface area contributed by atoms with Crippen molar-refractivity contribution in [1.82, 2.24) is 4.48 Å². The van der Waals surface area contributed by atoms with Gasteiger partial charge in [0.25, 0.3) is 0 Å². The van der Waals surface area contributed by atoms with Crippen LogP contribution in [0.3, 0.4) is 0 Å². The van der Waals surface area contributed by atoms with Gasteiger partial charge in [-0.05, 0) is 75.0 Å². The van der Waals surface area contributed by atoms with Crippen LogP contribution >= 0.6 is 0 Å². The lowest BCUT2D eigenvalue weighted by atomic mass is 10.0. The van der Waals surface area contributed by atoms with Crippen LogP contribution in [0.2, 0.25) is 0 Å². The number of ether oxygens (including phenoxy) is 1. The largest absolute Gasteiger partial charge is 0.493 e. The summed E-state index contributed by atoms with van der Waals surface area (Å²) in [5, 5.41) is 0. The van der Waals surface area contributed by atoms with Gasteiger partial charge in [0.15, 0.2) is 0 Å². The van der Waals surface area contributed by atoms with Gasteiger partial charge in [0, 0.05) is 16.8 Å². The van der Waals surface area contributed by atoms with E-state index < -0.39 is 0 Å². The molecule has 1 aromatic heterocycles. The van der Waals surface area contributed by atoms with Crippen molar-refractivity contribution in [3.05, 3.63) is 77.3 Å². The number of aromatic nitrogens is 1. The monoisotopic (exact) mass is 359 g/mol. The first-order valence-corrected chi connectivity index (χ1v) is 9.36. The molecule has 0 fully saturated rings. The van der Waals surface area contributed by atoms with Crippen molar-refractivity contribution in [1.29, 1.82) is 0 Å². The first kappa shape index (κ1) is 19.0. The van der Waals surface area contributed by atoms with Gasteiger partial charge < -0.3 is 14.9 Å². The van der Waals surface area contributed by atoms with Gasteiger partial charge in [0.2, 0.25) is 7.98 Å². The summed E-state index contributed by atoms with van der Waals surface area (Å²) in [7, 11) is 2.05. The van der Waals surface area contributed by atoms with E-state index in [-0.39, 0.29) is 0 Å². The Morgan fingerprint density at radius 3 is 2.74 bits per heavy atom. The number of hydrogen-bond donors (Lipinski definition) is 1. The number of nitrogens with zero attached hydrogens (tertiary/aromatic N) is 2. The zero-order valence-corrected chi connectivity index (χ0v) is 16.3. The van der Waals surface area contributed by atoms with Crippen LogP contribution in [0.1, 0.15) is 31.5 Å². The fourth-order valence-corrected chi connectivity index (χ4v) is 3.30. The van der Waals surface area contributed by atoms with E-state index in [1.807, 2.05) is 37.3 Å². The molecule has 0 saturated heterocycles. The van der Waals surface area contributed by atoms with Gasteiger partial charge >= 0.3 is 0 Å². The molecule has 2 heterocycles.